The monoisotopic (exact) mass is 208 g/mol. The van der Waals surface area contributed by atoms with Crippen LogP contribution in [0.1, 0.15) is 36.2 Å². The second-order valence-corrected chi connectivity index (χ2v) is 4.06. The summed E-state index contributed by atoms with van der Waals surface area (Å²) in [6.07, 6.45) is 5.51. The Morgan fingerprint density at radius 3 is 2.80 bits per heavy atom. The Bertz CT molecular complexity index is 314. The second kappa shape index (κ2) is 4.44. The summed E-state index contributed by atoms with van der Waals surface area (Å²) < 4.78 is 0. The fourth-order valence-electron chi connectivity index (χ4n) is 1.91. The molecule has 1 saturated carbocycles. The zero-order valence-corrected chi connectivity index (χ0v) is 8.57. The lowest BCUT2D eigenvalue weighted by Gasteiger charge is -2.26. The van der Waals surface area contributed by atoms with E-state index in [4.69, 9.17) is 5.73 Å². The van der Waals surface area contributed by atoms with Crippen molar-refractivity contribution in [2.24, 2.45) is 5.73 Å². The van der Waals surface area contributed by atoms with E-state index in [-0.39, 0.29) is 11.9 Å². The zero-order valence-electron chi connectivity index (χ0n) is 8.57. The molecule has 0 unspecified atom stereocenters. The van der Waals surface area contributed by atoms with Crippen LogP contribution >= 0.6 is 0 Å². The lowest BCUT2D eigenvalue weighted by Crippen LogP contribution is -2.40. The molecule has 1 aromatic heterocycles. The second-order valence-electron chi connectivity index (χ2n) is 4.06. The van der Waals surface area contributed by atoms with Gasteiger partial charge in [0.2, 0.25) is 0 Å². The largest absolute Gasteiger partial charge is 0.348 e. The third-order valence-electron chi connectivity index (χ3n) is 2.85. The molecule has 1 amide bonds. The van der Waals surface area contributed by atoms with Gasteiger partial charge in [-0.3, -0.25) is 9.89 Å². The van der Waals surface area contributed by atoms with E-state index in [0.717, 1.165) is 25.7 Å². The molecule has 5 nitrogen and oxygen atoms in total. The van der Waals surface area contributed by atoms with Gasteiger partial charge in [0, 0.05) is 18.3 Å². The Morgan fingerprint density at radius 1 is 1.47 bits per heavy atom. The molecule has 0 aliphatic heterocycles. The molecule has 0 aromatic carbocycles. The first kappa shape index (κ1) is 10.2. The number of amides is 1. The number of hydrogen-bond acceptors (Lipinski definition) is 3. The highest BCUT2D eigenvalue weighted by atomic mass is 16.2. The first-order valence-corrected chi connectivity index (χ1v) is 5.31. The van der Waals surface area contributed by atoms with Gasteiger partial charge in [-0.1, -0.05) is 0 Å². The maximum Gasteiger partial charge on any atom is 0.269 e. The van der Waals surface area contributed by atoms with Crippen LogP contribution in [0.2, 0.25) is 0 Å². The number of nitrogens with zero attached hydrogens (tertiary/aromatic N) is 1. The fourth-order valence-corrected chi connectivity index (χ4v) is 1.91. The van der Waals surface area contributed by atoms with Crippen molar-refractivity contribution in [3.05, 3.63) is 18.0 Å². The van der Waals surface area contributed by atoms with E-state index in [1.54, 1.807) is 12.3 Å². The molecule has 1 heterocycles. The normalized spacial score (nSPS) is 26.2. The molecule has 0 atom stereocenters. The number of hydrogen-bond donors (Lipinski definition) is 3. The molecule has 5 heteroatoms. The van der Waals surface area contributed by atoms with Gasteiger partial charge < -0.3 is 11.1 Å². The van der Waals surface area contributed by atoms with Gasteiger partial charge in [-0.15, -0.1) is 0 Å². The Kier molecular flexibility index (Phi) is 3.01. The van der Waals surface area contributed by atoms with Gasteiger partial charge >= 0.3 is 0 Å². The molecule has 0 bridgehead atoms. The molecular weight excluding hydrogens is 192 g/mol. The van der Waals surface area contributed by atoms with Gasteiger partial charge in [-0.2, -0.15) is 5.10 Å². The van der Waals surface area contributed by atoms with Crippen LogP contribution in [-0.2, 0) is 0 Å². The average Bonchev–Trinajstić information content (AvgIpc) is 2.74. The standard InChI is InChI=1S/C10H16N4O/c11-7-1-3-8(4-2-7)13-10(15)9-5-6-12-14-9/h5-8H,1-4,11H2,(H,12,14)(H,13,15). The molecule has 1 aromatic rings. The minimum Gasteiger partial charge on any atom is -0.348 e. The quantitative estimate of drug-likeness (QED) is 0.658. The summed E-state index contributed by atoms with van der Waals surface area (Å²) in [5, 5.41) is 9.37. The summed E-state index contributed by atoms with van der Waals surface area (Å²) in [6, 6.07) is 2.25. The van der Waals surface area contributed by atoms with E-state index >= 15 is 0 Å². The zero-order chi connectivity index (χ0) is 10.7. The van der Waals surface area contributed by atoms with Gasteiger partial charge in [-0.25, -0.2) is 0 Å². The van der Waals surface area contributed by atoms with Gasteiger partial charge in [0.1, 0.15) is 5.69 Å². The van der Waals surface area contributed by atoms with Crippen molar-refractivity contribution < 1.29 is 4.79 Å². The fraction of sp³-hybridized carbons (Fsp3) is 0.600. The topological polar surface area (TPSA) is 83.8 Å². The Labute approximate surface area is 88.4 Å². The van der Waals surface area contributed by atoms with E-state index in [0.29, 0.717) is 11.7 Å². The lowest BCUT2D eigenvalue weighted by atomic mass is 9.92. The summed E-state index contributed by atoms with van der Waals surface area (Å²) in [6.45, 7) is 0. The third kappa shape index (κ3) is 2.56. The predicted molar refractivity (Wildman–Crippen MR) is 56.3 cm³/mol. The van der Waals surface area contributed by atoms with Gasteiger partial charge in [0.15, 0.2) is 0 Å². The highest BCUT2D eigenvalue weighted by Crippen LogP contribution is 2.17. The molecule has 0 radical (unpaired) electrons. The van der Waals surface area contributed by atoms with Gasteiger partial charge in [0.25, 0.3) is 5.91 Å². The number of aromatic amines is 1. The van der Waals surface area contributed by atoms with Gasteiger partial charge in [0.05, 0.1) is 0 Å². The molecule has 82 valence electrons. The SMILES string of the molecule is NC1CCC(NC(=O)c2ccn[nH]2)CC1. The third-order valence-corrected chi connectivity index (χ3v) is 2.85. The van der Waals surface area contributed by atoms with Crippen LogP contribution in [-0.4, -0.2) is 28.2 Å². The van der Waals surface area contributed by atoms with Crippen LogP contribution in [0.3, 0.4) is 0 Å². The molecule has 4 N–H and O–H groups in total. The molecule has 15 heavy (non-hydrogen) atoms. The van der Waals surface area contributed by atoms with Crippen molar-refractivity contribution in [3.8, 4) is 0 Å². The van der Waals surface area contributed by atoms with Crippen LogP contribution in [0.4, 0.5) is 0 Å². The summed E-state index contributed by atoms with van der Waals surface area (Å²) in [7, 11) is 0. The predicted octanol–water partition coefficient (Wildman–Crippen LogP) is 0.409. The Hall–Kier alpha value is -1.36. The Balaban J connectivity index is 1.85. The molecule has 0 saturated heterocycles. The van der Waals surface area contributed by atoms with Gasteiger partial charge in [-0.05, 0) is 31.7 Å². The molecule has 1 aliphatic rings. The van der Waals surface area contributed by atoms with E-state index in [1.165, 1.54) is 0 Å². The number of H-pyrrole nitrogens is 1. The summed E-state index contributed by atoms with van der Waals surface area (Å²) in [5.74, 6) is -0.0760. The summed E-state index contributed by atoms with van der Waals surface area (Å²) in [4.78, 5) is 11.6. The summed E-state index contributed by atoms with van der Waals surface area (Å²) in [5.41, 5.74) is 6.31. The van der Waals surface area contributed by atoms with E-state index in [2.05, 4.69) is 15.5 Å². The van der Waals surface area contributed by atoms with Crippen molar-refractivity contribution in [3.63, 3.8) is 0 Å². The molecular formula is C10H16N4O. The van der Waals surface area contributed by atoms with E-state index < -0.39 is 0 Å². The van der Waals surface area contributed by atoms with Crippen molar-refractivity contribution in [2.75, 3.05) is 0 Å². The van der Waals surface area contributed by atoms with Crippen LogP contribution in [0.25, 0.3) is 0 Å². The first-order chi connectivity index (χ1) is 7.25. The highest BCUT2D eigenvalue weighted by Gasteiger charge is 2.20. The molecule has 2 rings (SSSR count). The Morgan fingerprint density at radius 2 is 2.20 bits per heavy atom. The van der Waals surface area contributed by atoms with E-state index in [9.17, 15) is 4.79 Å². The lowest BCUT2D eigenvalue weighted by molar-refractivity contribution is 0.0921. The number of nitrogens with two attached hydrogens (primary N) is 1. The average molecular weight is 208 g/mol. The molecule has 1 fully saturated rings. The van der Waals surface area contributed by atoms with Crippen LogP contribution < -0.4 is 11.1 Å². The van der Waals surface area contributed by atoms with Crippen LogP contribution in [0.15, 0.2) is 12.3 Å². The summed E-state index contributed by atoms with van der Waals surface area (Å²) >= 11 is 0. The number of aromatic nitrogens is 2. The van der Waals surface area contributed by atoms with Crippen molar-refractivity contribution in [1.29, 1.82) is 0 Å². The number of carbonyl (C=O) groups excluding carboxylic acids is 1. The van der Waals surface area contributed by atoms with Crippen molar-refractivity contribution >= 4 is 5.91 Å². The minimum atomic E-state index is -0.0760. The van der Waals surface area contributed by atoms with Crippen LogP contribution in [0, 0.1) is 0 Å². The molecule has 1 aliphatic carbocycles. The minimum absolute atomic E-state index is 0.0760. The number of rotatable bonds is 2. The maximum atomic E-state index is 11.6. The number of nitrogens with one attached hydrogen (secondary N) is 2. The van der Waals surface area contributed by atoms with Crippen molar-refractivity contribution in [1.82, 2.24) is 15.5 Å². The highest BCUT2D eigenvalue weighted by molar-refractivity contribution is 5.92. The van der Waals surface area contributed by atoms with E-state index in [1.807, 2.05) is 0 Å². The smallest absolute Gasteiger partial charge is 0.269 e. The van der Waals surface area contributed by atoms with Crippen molar-refractivity contribution in [2.45, 2.75) is 37.8 Å². The first-order valence-electron chi connectivity index (χ1n) is 5.31. The molecule has 0 spiro atoms. The van der Waals surface area contributed by atoms with Crippen LogP contribution in [0.5, 0.6) is 0 Å². The maximum absolute atomic E-state index is 11.6. The number of carbonyl (C=O) groups is 1.